The number of Topliss-reactive ketones (excluding diaryl/α,β-unsaturated/α-hetero) is 1. The fourth-order valence-electron chi connectivity index (χ4n) is 0.860. The normalized spacial score (nSPS) is 9.38. The maximum absolute atomic E-state index is 11.9. The standard InChI is InChI=1S/C8H8F2NO.CH3INO/c1-11-4-2-3-6(5-11)7(12)8(9)10;1-4-3-2/h2-5,8H,1H3;1H3/q+1;-1. The average Bonchev–Trinajstić information content (AvgIpc) is 2.28. The molecular weight excluding hydrogens is 333 g/mol. The van der Waals surface area contributed by atoms with Crippen molar-refractivity contribution in [2.45, 2.75) is 6.43 Å². The maximum atomic E-state index is 11.9. The Labute approximate surface area is 105 Å². The Hall–Kier alpha value is -0.830. The summed E-state index contributed by atoms with van der Waals surface area (Å²) in [5.74, 6) is -1.13. The van der Waals surface area contributed by atoms with E-state index < -0.39 is 12.2 Å². The van der Waals surface area contributed by atoms with E-state index in [1.807, 2.05) is 0 Å². The highest BCUT2D eigenvalue weighted by Gasteiger charge is 2.19. The summed E-state index contributed by atoms with van der Waals surface area (Å²) >= 11 is 1.75. The van der Waals surface area contributed by atoms with E-state index in [4.69, 9.17) is 0 Å². The molecule has 90 valence electrons. The number of hydrogen-bond acceptors (Lipinski definition) is 3. The first-order chi connectivity index (χ1) is 7.52. The highest BCUT2D eigenvalue weighted by Crippen LogP contribution is 2.04. The molecule has 1 rings (SSSR count). The topological polar surface area (TPSA) is 42.5 Å². The van der Waals surface area contributed by atoms with Crippen molar-refractivity contribution in [2.75, 3.05) is 7.11 Å². The van der Waals surface area contributed by atoms with Crippen molar-refractivity contribution in [3.63, 3.8) is 0 Å². The molecule has 0 unspecified atom stereocenters. The van der Waals surface area contributed by atoms with Crippen molar-refractivity contribution < 1.29 is 45.4 Å². The number of pyridine rings is 1. The molecule has 0 radical (unpaired) electrons. The summed E-state index contributed by atoms with van der Waals surface area (Å²) in [6.07, 6.45) is 0.115. The summed E-state index contributed by atoms with van der Waals surface area (Å²) < 4.78 is 28.5. The van der Waals surface area contributed by atoms with Crippen molar-refractivity contribution in [3.05, 3.63) is 30.1 Å². The number of hydrogen-bond donors (Lipinski definition) is 0. The van der Waals surface area contributed by atoms with Gasteiger partial charge in [0.25, 0.3) is 0 Å². The summed E-state index contributed by atoms with van der Waals surface area (Å²) in [4.78, 5) is 14.9. The van der Waals surface area contributed by atoms with Crippen LogP contribution < -0.4 is 27.0 Å². The van der Waals surface area contributed by atoms with Crippen molar-refractivity contribution in [3.8, 4) is 0 Å². The predicted molar refractivity (Wildman–Crippen MR) is 47.4 cm³/mol. The molecule has 0 saturated heterocycles. The van der Waals surface area contributed by atoms with E-state index in [0.29, 0.717) is 0 Å². The minimum Gasteiger partial charge on any atom is -0.603 e. The van der Waals surface area contributed by atoms with E-state index in [9.17, 15) is 13.6 Å². The molecule has 4 nitrogen and oxygen atoms in total. The van der Waals surface area contributed by atoms with Crippen LogP contribution in [0.25, 0.3) is 0 Å². The van der Waals surface area contributed by atoms with Crippen LogP contribution in [0.15, 0.2) is 27.8 Å². The molecule has 0 fully saturated rings. The zero-order valence-corrected chi connectivity index (χ0v) is 10.9. The number of ketones is 1. The molecule has 0 atom stereocenters. The van der Waals surface area contributed by atoms with Crippen LogP contribution in [0.4, 0.5) is 8.78 Å². The van der Waals surface area contributed by atoms with Gasteiger partial charge in [-0.05, 0) is 6.07 Å². The second-order valence-electron chi connectivity index (χ2n) is 2.67. The smallest absolute Gasteiger partial charge is 0.300 e. The van der Waals surface area contributed by atoms with E-state index in [2.05, 4.69) is 8.15 Å². The Kier molecular flexibility index (Phi) is 7.90. The molecule has 16 heavy (non-hydrogen) atoms. The summed E-state index contributed by atoms with van der Waals surface area (Å²) in [5.41, 5.74) is 0.0370. The van der Waals surface area contributed by atoms with Gasteiger partial charge in [0.2, 0.25) is 5.78 Å². The largest absolute Gasteiger partial charge is 0.603 e. The molecule has 0 bridgehead atoms. The summed E-state index contributed by atoms with van der Waals surface area (Å²) in [7, 11) is 3.18. The average molecular weight is 344 g/mol. The van der Waals surface area contributed by atoms with Crippen LogP contribution in [0.5, 0.6) is 0 Å². The third-order valence-corrected chi connectivity index (χ3v) is 1.89. The second-order valence-corrected chi connectivity index (χ2v) is 3.07. The second kappa shape index (κ2) is 8.34. The summed E-state index contributed by atoms with van der Waals surface area (Å²) in [6, 6.07) is 2.92. The molecule has 7 heteroatoms. The number of rotatable bonds is 3. The molecule has 0 saturated carbocycles. The van der Waals surface area contributed by atoms with Gasteiger partial charge in [0.05, 0.1) is 12.7 Å². The lowest BCUT2D eigenvalue weighted by Gasteiger charge is -1.95. The molecule has 1 heterocycles. The summed E-state index contributed by atoms with van der Waals surface area (Å²) in [5, 5.41) is 0. The van der Waals surface area contributed by atoms with Crippen molar-refractivity contribution in [2.24, 2.45) is 10.4 Å². The predicted octanol–water partition coefficient (Wildman–Crippen LogP) is -1.76. The number of aryl methyl sites for hydroxylation is 1. The highest BCUT2D eigenvalue weighted by molar-refractivity contribution is 5.97. The van der Waals surface area contributed by atoms with Gasteiger partial charge >= 0.3 is 6.43 Å². The number of aromatic nitrogens is 1. The van der Waals surface area contributed by atoms with Crippen LogP contribution in [0.2, 0.25) is 0 Å². The molecule has 0 aliphatic carbocycles. The fourth-order valence-corrected chi connectivity index (χ4v) is 0.860. The first-order valence-corrected chi connectivity index (χ1v) is 5.11. The van der Waals surface area contributed by atoms with Crippen LogP contribution in [0.3, 0.4) is 0 Å². The molecule has 0 aliphatic heterocycles. The number of carbonyl (C=O) groups excluding carboxylic acids is 1. The van der Waals surface area contributed by atoms with E-state index in [0.717, 1.165) is 0 Å². The van der Waals surface area contributed by atoms with Crippen molar-refractivity contribution in [1.82, 2.24) is 0 Å². The van der Waals surface area contributed by atoms with E-state index >= 15 is 0 Å². The van der Waals surface area contributed by atoms with Crippen LogP contribution in [0.1, 0.15) is 10.4 Å². The molecule has 0 aromatic carbocycles. The van der Waals surface area contributed by atoms with Gasteiger partial charge in [0.1, 0.15) is 7.05 Å². The van der Waals surface area contributed by atoms with Gasteiger partial charge in [0, 0.05) is 6.07 Å². The highest BCUT2D eigenvalue weighted by atomic mass is 127. The van der Waals surface area contributed by atoms with Crippen molar-refractivity contribution >= 4 is 5.78 Å². The molecule has 0 amide bonds. The Morgan fingerprint density at radius 1 is 1.62 bits per heavy atom. The SMILES string of the molecule is CON=[I-].C[n+]1cccc(C(=O)C(F)F)c1. The Morgan fingerprint density at radius 2 is 2.19 bits per heavy atom. The molecule has 1 aromatic rings. The van der Waals surface area contributed by atoms with E-state index in [1.54, 1.807) is 46.3 Å². The number of alkyl halides is 2. The lowest BCUT2D eigenvalue weighted by Crippen LogP contribution is -3.16. The van der Waals surface area contributed by atoms with Crippen LogP contribution in [-0.4, -0.2) is 19.3 Å². The minimum absolute atomic E-state index is 0.0370. The Balaban J connectivity index is 0.000000487. The lowest BCUT2D eigenvalue weighted by atomic mass is 10.2. The number of nitrogens with zero attached hydrogens (tertiary/aromatic N) is 2. The van der Waals surface area contributed by atoms with Gasteiger partial charge in [-0.1, -0.05) is 0 Å². The van der Waals surface area contributed by atoms with Crippen LogP contribution in [-0.2, 0) is 11.9 Å². The van der Waals surface area contributed by atoms with Crippen LogP contribution >= 0.6 is 0 Å². The van der Waals surface area contributed by atoms with Gasteiger partial charge in [0.15, 0.2) is 12.4 Å². The van der Waals surface area contributed by atoms with E-state index in [1.165, 1.54) is 19.4 Å². The number of carbonyl (C=O) groups is 1. The zero-order valence-electron chi connectivity index (χ0n) is 8.73. The zero-order chi connectivity index (χ0) is 12.6. The monoisotopic (exact) mass is 344 g/mol. The third-order valence-electron chi connectivity index (χ3n) is 1.49. The minimum atomic E-state index is -2.92. The molecule has 0 spiro atoms. The number of halogens is 3. The van der Waals surface area contributed by atoms with Crippen molar-refractivity contribution in [1.29, 1.82) is 0 Å². The van der Waals surface area contributed by atoms with Crippen LogP contribution in [0, 0.1) is 0 Å². The molecular formula is C9H11F2IN2O2. The first kappa shape index (κ1) is 15.2. The van der Waals surface area contributed by atoms with Gasteiger partial charge in [-0.2, -0.15) is 0 Å². The first-order valence-electron chi connectivity index (χ1n) is 4.15. The van der Waals surface area contributed by atoms with E-state index in [-0.39, 0.29) is 5.56 Å². The quantitative estimate of drug-likeness (QED) is 0.282. The van der Waals surface area contributed by atoms with Gasteiger partial charge in [-0.25, -0.2) is 13.3 Å². The molecule has 0 aliphatic rings. The van der Waals surface area contributed by atoms with Gasteiger partial charge in [-0.3, -0.25) is 9.63 Å². The lowest BCUT2D eigenvalue weighted by molar-refractivity contribution is -0.671. The molecule has 0 N–H and O–H groups in total. The maximum Gasteiger partial charge on any atom is 0.300 e. The Morgan fingerprint density at radius 3 is 2.56 bits per heavy atom. The Bertz CT molecular complexity index is 361. The fraction of sp³-hybridized carbons (Fsp3) is 0.333. The summed E-state index contributed by atoms with van der Waals surface area (Å²) in [6.45, 7) is 0. The molecule has 1 aromatic heterocycles. The third kappa shape index (κ3) is 5.91. The van der Waals surface area contributed by atoms with Gasteiger partial charge in [-0.15, -0.1) is 0 Å². The van der Waals surface area contributed by atoms with Gasteiger partial charge < -0.3 is 25.7 Å².